The highest BCUT2D eigenvalue weighted by molar-refractivity contribution is 6.32. The summed E-state index contributed by atoms with van der Waals surface area (Å²) in [6, 6.07) is 1.64. The lowest BCUT2D eigenvalue weighted by atomic mass is 10.1. The van der Waals surface area contributed by atoms with E-state index in [0.29, 0.717) is 18.5 Å². The van der Waals surface area contributed by atoms with Gasteiger partial charge in [0.2, 0.25) is 0 Å². The van der Waals surface area contributed by atoms with Crippen LogP contribution in [0.2, 0.25) is 5.02 Å². The van der Waals surface area contributed by atoms with Crippen LogP contribution in [0.25, 0.3) is 0 Å². The maximum absolute atomic E-state index is 13.3. The van der Waals surface area contributed by atoms with E-state index in [2.05, 4.69) is 4.98 Å². The number of anilines is 1. The number of hydrogen-bond donors (Lipinski definition) is 3. The average Bonchev–Trinajstić information content (AvgIpc) is 2.48. The number of hydrogen-bond acceptors (Lipinski definition) is 6. The van der Waals surface area contributed by atoms with E-state index >= 15 is 0 Å². The van der Waals surface area contributed by atoms with Crippen LogP contribution in [0.15, 0.2) is 24.0 Å². The molecule has 0 radical (unpaired) electrons. The second-order valence-electron chi connectivity index (χ2n) is 5.13. The summed E-state index contributed by atoms with van der Waals surface area (Å²) in [5.41, 5.74) is -2.98. The van der Waals surface area contributed by atoms with Crippen LogP contribution >= 0.6 is 11.6 Å². The largest absolute Gasteiger partial charge is 0.438 e. The Balaban J connectivity index is 3.19. The van der Waals surface area contributed by atoms with Crippen LogP contribution in [0, 0.1) is 11.3 Å². The number of pyridine rings is 1. The summed E-state index contributed by atoms with van der Waals surface area (Å²) in [4.78, 5) is 4.34. The van der Waals surface area contributed by atoms with Crippen molar-refractivity contribution in [2.24, 2.45) is 0 Å². The first kappa shape index (κ1) is 21.8. The average molecular weight is 404 g/mol. The summed E-state index contributed by atoms with van der Waals surface area (Å²) in [7, 11) is 2.63. The van der Waals surface area contributed by atoms with Crippen LogP contribution in [0.3, 0.4) is 0 Å². The number of hydrazine groups is 1. The van der Waals surface area contributed by atoms with Gasteiger partial charge in [0.25, 0.3) is 5.72 Å². The Labute approximate surface area is 148 Å². The maximum Gasteiger partial charge on any atom is 0.438 e. The molecule has 13 heteroatoms. The number of aromatic nitrogens is 1. The van der Waals surface area contributed by atoms with Gasteiger partial charge in [-0.1, -0.05) is 11.6 Å². The predicted molar refractivity (Wildman–Crippen MR) is 79.4 cm³/mol. The molecule has 0 fully saturated rings. The first-order chi connectivity index (χ1) is 11.7. The van der Waals surface area contributed by atoms with Gasteiger partial charge in [-0.05, 0) is 6.07 Å². The first-order valence-corrected chi connectivity index (χ1v) is 6.94. The molecule has 0 saturated carbocycles. The molecule has 1 unspecified atom stereocenters. The summed E-state index contributed by atoms with van der Waals surface area (Å²) in [5, 5.41) is 18.2. The van der Waals surface area contributed by atoms with Crippen molar-refractivity contribution in [1.29, 1.82) is 5.26 Å². The van der Waals surface area contributed by atoms with Crippen molar-refractivity contribution >= 4 is 17.4 Å². The van der Waals surface area contributed by atoms with Crippen LogP contribution in [0.5, 0.6) is 0 Å². The fourth-order valence-electron chi connectivity index (χ4n) is 1.59. The number of alkyl halides is 6. The molecule has 144 valence electrons. The van der Waals surface area contributed by atoms with Crippen LogP contribution in [-0.2, 0) is 6.18 Å². The molecule has 0 aliphatic rings. The smallest absolute Gasteiger partial charge is 0.383 e. The molecule has 0 bridgehead atoms. The van der Waals surface area contributed by atoms with Gasteiger partial charge in [0.1, 0.15) is 11.6 Å². The van der Waals surface area contributed by atoms with Gasteiger partial charge in [0.05, 0.1) is 10.6 Å². The predicted octanol–water partition coefficient (Wildman–Crippen LogP) is 2.89. The van der Waals surface area contributed by atoms with E-state index in [4.69, 9.17) is 16.9 Å². The molecule has 0 saturated heterocycles. The van der Waals surface area contributed by atoms with Crippen molar-refractivity contribution < 1.29 is 31.4 Å². The molecular formula is C13H12ClF6N5O. The van der Waals surface area contributed by atoms with Crippen LogP contribution in [0.1, 0.15) is 5.56 Å². The van der Waals surface area contributed by atoms with Gasteiger partial charge < -0.3 is 15.4 Å². The highest BCUT2D eigenvalue weighted by Crippen LogP contribution is 2.35. The van der Waals surface area contributed by atoms with Crippen molar-refractivity contribution in [2.45, 2.75) is 18.1 Å². The topological polar surface area (TPSA) is 84.2 Å². The lowest BCUT2D eigenvalue weighted by Gasteiger charge is -2.31. The van der Waals surface area contributed by atoms with Gasteiger partial charge in [0.15, 0.2) is 5.82 Å². The Morgan fingerprint density at radius 1 is 1.31 bits per heavy atom. The molecule has 1 aromatic heterocycles. The zero-order valence-corrected chi connectivity index (χ0v) is 13.9. The normalized spacial score (nSPS) is 15.2. The van der Waals surface area contributed by atoms with Crippen molar-refractivity contribution in [3.63, 3.8) is 0 Å². The zero-order chi connectivity index (χ0) is 20.3. The molecular weight excluding hydrogens is 392 g/mol. The van der Waals surface area contributed by atoms with Gasteiger partial charge in [-0.2, -0.15) is 37.0 Å². The zero-order valence-electron chi connectivity index (χ0n) is 13.2. The molecule has 1 heterocycles. The van der Waals surface area contributed by atoms with Gasteiger partial charge in [-0.15, -0.1) is 0 Å². The molecule has 1 atom stereocenters. The van der Waals surface area contributed by atoms with E-state index in [1.807, 2.05) is 0 Å². The minimum atomic E-state index is -5.37. The third-order valence-corrected chi connectivity index (χ3v) is 3.13. The quantitative estimate of drug-likeness (QED) is 0.303. The number of aliphatic hydroxyl groups is 1. The Morgan fingerprint density at radius 3 is 2.27 bits per heavy atom. The SMILES string of the molecule is CN(C)C=C(C#N)C(O)(NNc1ncc(C(F)(F)F)cc1Cl)C(F)(F)F. The van der Waals surface area contributed by atoms with Gasteiger partial charge >= 0.3 is 12.4 Å². The molecule has 6 nitrogen and oxygen atoms in total. The van der Waals surface area contributed by atoms with E-state index in [0.717, 1.165) is 4.90 Å². The van der Waals surface area contributed by atoms with Crippen molar-refractivity contribution in [1.82, 2.24) is 15.3 Å². The summed E-state index contributed by atoms with van der Waals surface area (Å²) in [5.74, 6) is -0.621. The van der Waals surface area contributed by atoms with Crippen LogP contribution < -0.4 is 10.9 Å². The number of rotatable bonds is 5. The van der Waals surface area contributed by atoms with E-state index < -0.39 is 40.1 Å². The van der Waals surface area contributed by atoms with Gasteiger partial charge in [0, 0.05) is 26.5 Å². The van der Waals surface area contributed by atoms with Crippen molar-refractivity contribution in [3.05, 3.63) is 34.6 Å². The molecule has 0 aromatic carbocycles. The third kappa shape index (κ3) is 4.90. The Morgan fingerprint density at radius 2 is 1.88 bits per heavy atom. The molecule has 26 heavy (non-hydrogen) atoms. The lowest BCUT2D eigenvalue weighted by Crippen LogP contribution is -2.60. The number of nitriles is 1. The fraction of sp³-hybridized carbons (Fsp3) is 0.385. The van der Waals surface area contributed by atoms with E-state index in [1.54, 1.807) is 5.43 Å². The first-order valence-electron chi connectivity index (χ1n) is 6.56. The number of nitrogens with zero attached hydrogens (tertiary/aromatic N) is 3. The maximum atomic E-state index is 13.3. The van der Waals surface area contributed by atoms with E-state index in [-0.39, 0.29) is 0 Å². The van der Waals surface area contributed by atoms with E-state index in [9.17, 15) is 31.4 Å². The lowest BCUT2D eigenvalue weighted by molar-refractivity contribution is -0.252. The molecule has 0 aliphatic heterocycles. The molecule has 1 rings (SSSR count). The molecule has 0 amide bonds. The fourth-order valence-corrected chi connectivity index (χ4v) is 1.80. The van der Waals surface area contributed by atoms with E-state index in [1.165, 1.54) is 25.6 Å². The Kier molecular flexibility index (Phi) is 6.35. The molecule has 0 spiro atoms. The van der Waals surface area contributed by atoms with Gasteiger partial charge in [-0.3, -0.25) is 0 Å². The highest BCUT2D eigenvalue weighted by atomic mass is 35.5. The number of nitrogens with one attached hydrogen (secondary N) is 2. The Hall–Kier alpha value is -2.23. The van der Waals surface area contributed by atoms with Crippen LogP contribution in [-0.4, -0.2) is 41.0 Å². The monoisotopic (exact) mass is 403 g/mol. The van der Waals surface area contributed by atoms with Gasteiger partial charge in [-0.25, -0.2) is 4.98 Å². The minimum absolute atomic E-state index is 0.337. The highest BCUT2D eigenvalue weighted by Gasteiger charge is 2.57. The molecule has 1 aromatic rings. The summed E-state index contributed by atoms with van der Waals surface area (Å²) < 4.78 is 77.3. The summed E-state index contributed by atoms with van der Waals surface area (Å²) in [6.45, 7) is 0. The number of halogens is 7. The van der Waals surface area contributed by atoms with Crippen LogP contribution in [0.4, 0.5) is 32.2 Å². The molecule has 0 aliphatic carbocycles. The minimum Gasteiger partial charge on any atom is -0.383 e. The standard InChI is InChI=1S/C13H12ClF6N5O/c1-25(2)6-8(4-21)11(26,13(18,19)20)24-23-10-9(14)3-7(5-22-10)12(15,16)17/h3,5-6,24,26H,1-2H3,(H,22,23). The second-order valence-corrected chi connectivity index (χ2v) is 5.54. The second kappa shape index (κ2) is 7.56. The summed E-state index contributed by atoms with van der Waals surface area (Å²) in [6.07, 6.45) is -9.07. The van der Waals surface area contributed by atoms with Crippen molar-refractivity contribution in [3.8, 4) is 6.07 Å². The summed E-state index contributed by atoms with van der Waals surface area (Å²) >= 11 is 5.56. The third-order valence-electron chi connectivity index (χ3n) is 2.84. The Bertz CT molecular complexity index is 727. The van der Waals surface area contributed by atoms with Crippen molar-refractivity contribution in [2.75, 3.05) is 19.5 Å². The molecule has 3 N–H and O–H groups in total.